The zero-order valence-electron chi connectivity index (χ0n) is 7.12. The third kappa shape index (κ3) is 1.43. The summed E-state index contributed by atoms with van der Waals surface area (Å²) in [5, 5.41) is 0. The average Bonchev–Trinajstić information content (AvgIpc) is 2.29. The molecule has 0 aliphatic carbocycles. The summed E-state index contributed by atoms with van der Waals surface area (Å²) in [5.74, 6) is 0.960. The van der Waals surface area contributed by atoms with Crippen molar-refractivity contribution >= 4 is 0 Å². The Hall–Kier alpha value is -1.02. The predicted octanol–water partition coefficient (Wildman–Crippen LogP) is 1.98. The summed E-state index contributed by atoms with van der Waals surface area (Å²) < 4.78 is 11.0. The van der Waals surface area contributed by atoms with Gasteiger partial charge in [0.15, 0.2) is 0 Å². The minimum atomic E-state index is 0.192. The van der Waals surface area contributed by atoms with Crippen LogP contribution >= 0.6 is 0 Å². The second-order valence-corrected chi connectivity index (χ2v) is 3.04. The van der Waals surface area contributed by atoms with Crippen molar-refractivity contribution in [3.63, 3.8) is 0 Å². The van der Waals surface area contributed by atoms with Gasteiger partial charge in [-0.3, -0.25) is 0 Å². The van der Waals surface area contributed by atoms with Crippen LogP contribution < -0.4 is 4.74 Å². The summed E-state index contributed by atoms with van der Waals surface area (Å²) in [6.07, 6.45) is 0.192. The highest BCUT2D eigenvalue weighted by Gasteiger charge is 2.12. The highest BCUT2D eigenvalue weighted by Crippen LogP contribution is 2.22. The molecule has 0 saturated carbocycles. The van der Waals surface area contributed by atoms with Gasteiger partial charge in [0.2, 0.25) is 0 Å². The summed E-state index contributed by atoms with van der Waals surface area (Å²) >= 11 is 0. The highest BCUT2D eigenvalue weighted by molar-refractivity contribution is 5.33. The molecule has 2 rings (SSSR count). The molecule has 0 bridgehead atoms. The van der Waals surface area contributed by atoms with E-state index in [4.69, 9.17) is 9.47 Å². The minimum Gasteiger partial charge on any atom is -0.491 e. The number of ether oxygens (including phenoxy) is 2. The van der Waals surface area contributed by atoms with Gasteiger partial charge in [-0.25, -0.2) is 0 Å². The van der Waals surface area contributed by atoms with Crippen LogP contribution in [-0.4, -0.2) is 12.7 Å². The first kappa shape index (κ1) is 7.62. The van der Waals surface area contributed by atoms with Gasteiger partial charge in [-0.1, -0.05) is 18.2 Å². The minimum absolute atomic E-state index is 0.192. The lowest BCUT2D eigenvalue weighted by atomic mass is 10.2. The number of para-hydroxylation sites is 1. The van der Waals surface area contributed by atoms with E-state index < -0.39 is 0 Å². The molecule has 12 heavy (non-hydrogen) atoms. The molecule has 0 amide bonds. The Labute approximate surface area is 72.1 Å². The van der Waals surface area contributed by atoms with Crippen LogP contribution in [0.5, 0.6) is 5.75 Å². The second kappa shape index (κ2) is 3.15. The van der Waals surface area contributed by atoms with Gasteiger partial charge in [-0.15, -0.1) is 0 Å². The predicted molar refractivity (Wildman–Crippen MR) is 46.2 cm³/mol. The molecule has 64 valence electrons. The van der Waals surface area contributed by atoms with Crippen LogP contribution in [0.3, 0.4) is 0 Å². The van der Waals surface area contributed by atoms with Crippen LogP contribution in [0.4, 0.5) is 0 Å². The first-order chi connectivity index (χ1) is 5.86. The van der Waals surface area contributed by atoms with Crippen molar-refractivity contribution in [2.75, 3.05) is 6.61 Å². The first-order valence-corrected chi connectivity index (χ1v) is 4.18. The largest absolute Gasteiger partial charge is 0.491 e. The van der Waals surface area contributed by atoms with E-state index in [0.717, 1.165) is 11.3 Å². The van der Waals surface area contributed by atoms with Crippen molar-refractivity contribution in [1.29, 1.82) is 0 Å². The quantitative estimate of drug-likeness (QED) is 0.583. The van der Waals surface area contributed by atoms with Gasteiger partial charge < -0.3 is 9.47 Å². The molecular formula is C10H12O2. The van der Waals surface area contributed by atoms with Crippen LogP contribution in [0.1, 0.15) is 12.5 Å². The van der Waals surface area contributed by atoms with Gasteiger partial charge in [0.05, 0.1) is 12.7 Å². The number of benzene rings is 1. The molecule has 0 fully saturated rings. The van der Waals surface area contributed by atoms with Crippen LogP contribution in [0.25, 0.3) is 0 Å². The molecule has 2 nitrogen and oxygen atoms in total. The Morgan fingerprint density at radius 2 is 2.17 bits per heavy atom. The van der Waals surface area contributed by atoms with E-state index in [1.54, 1.807) is 0 Å². The van der Waals surface area contributed by atoms with Gasteiger partial charge in [0.1, 0.15) is 12.4 Å². The molecule has 1 atom stereocenters. The highest BCUT2D eigenvalue weighted by atomic mass is 16.5. The lowest BCUT2D eigenvalue weighted by Crippen LogP contribution is -2.14. The van der Waals surface area contributed by atoms with Crippen LogP contribution in [0.2, 0.25) is 0 Å². The van der Waals surface area contributed by atoms with Gasteiger partial charge >= 0.3 is 0 Å². The monoisotopic (exact) mass is 164 g/mol. The fourth-order valence-electron chi connectivity index (χ4n) is 1.25. The summed E-state index contributed by atoms with van der Waals surface area (Å²) in [5.41, 5.74) is 1.14. The molecule has 1 unspecified atom stereocenters. The summed E-state index contributed by atoms with van der Waals surface area (Å²) in [6, 6.07) is 8.00. The fourth-order valence-corrected chi connectivity index (χ4v) is 1.25. The van der Waals surface area contributed by atoms with Crippen molar-refractivity contribution < 1.29 is 9.47 Å². The van der Waals surface area contributed by atoms with E-state index in [1.165, 1.54) is 0 Å². The van der Waals surface area contributed by atoms with Gasteiger partial charge in [0, 0.05) is 5.56 Å². The third-order valence-corrected chi connectivity index (χ3v) is 1.97. The van der Waals surface area contributed by atoms with Gasteiger partial charge in [0.25, 0.3) is 0 Å². The van der Waals surface area contributed by atoms with Crippen LogP contribution in [-0.2, 0) is 11.3 Å². The molecule has 1 aromatic rings. The molecule has 1 aliphatic heterocycles. The SMILES string of the molecule is CC1COc2ccccc2CO1. The number of rotatable bonds is 0. The third-order valence-electron chi connectivity index (χ3n) is 1.97. The van der Waals surface area contributed by atoms with E-state index in [0.29, 0.717) is 13.2 Å². The number of hydrogen-bond acceptors (Lipinski definition) is 2. The summed E-state index contributed by atoms with van der Waals surface area (Å²) in [6.45, 7) is 3.33. The second-order valence-electron chi connectivity index (χ2n) is 3.04. The molecule has 2 heteroatoms. The Morgan fingerprint density at radius 1 is 1.33 bits per heavy atom. The molecular weight excluding hydrogens is 152 g/mol. The van der Waals surface area contributed by atoms with E-state index >= 15 is 0 Å². The lowest BCUT2D eigenvalue weighted by molar-refractivity contribution is 0.0360. The van der Waals surface area contributed by atoms with Crippen LogP contribution in [0, 0.1) is 0 Å². The Balaban J connectivity index is 2.26. The normalized spacial score (nSPS) is 22.2. The molecule has 0 aromatic heterocycles. The zero-order chi connectivity index (χ0) is 8.39. The zero-order valence-corrected chi connectivity index (χ0v) is 7.12. The van der Waals surface area contributed by atoms with E-state index in [9.17, 15) is 0 Å². The molecule has 1 aliphatic rings. The average molecular weight is 164 g/mol. The number of fused-ring (bicyclic) bond motifs is 1. The van der Waals surface area contributed by atoms with Crippen molar-refractivity contribution in [2.45, 2.75) is 19.6 Å². The topological polar surface area (TPSA) is 18.5 Å². The molecule has 1 aromatic carbocycles. The maximum atomic E-state index is 5.54. The summed E-state index contributed by atoms with van der Waals surface area (Å²) in [7, 11) is 0. The summed E-state index contributed by atoms with van der Waals surface area (Å²) in [4.78, 5) is 0. The van der Waals surface area contributed by atoms with Gasteiger partial charge in [-0.2, -0.15) is 0 Å². The molecule has 0 N–H and O–H groups in total. The van der Waals surface area contributed by atoms with E-state index in [-0.39, 0.29) is 6.10 Å². The smallest absolute Gasteiger partial charge is 0.124 e. The van der Waals surface area contributed by atoms with Crippen LogP contribution in [0.15, 0.2) is 24.3 Å². The van der Waals surface area contributed by atoms with Crippen molar-refractivity contribution in [1.82, 2.24) is 0 Å². The molecule has 1 heterocycles. The first-order valence-electron chi connectivity index (χ1n) is 4.18. The van der Waals surface area contributed by atoms with Gasteiger partial charge in [-0.05, 0) is 13.0 Å². The molecule has 0 radical (unpaired) electrons. The molecule has 0 spiro atoms. The maximum Gasteiger partial charge on any atom is 0.124 e. The van der Waals surface area contributed by atoms with Crippen molar-refractivity contribution in [3.8, 4) is 5.75 Å². The Kier molecular flexibility index (Phi) is 2.00. The molecule has 0 saturated heterocycles. The van der Waals surface area contributed by atoms with Crippen molar-refractivity contribution in [2.24, 2.45) is 0 Å². The standard InChI is InChI=1S/C10H12O2/c1-8-6-12-10-5-3-2-4-9(10)7-11-8/h2-5,8H,6-7H2,1H3. The van der Waals surface area contributed by atoms with E-state index in [1.807, 2.05) is 31.2 Å². The maximum absolute atomic E-state index is 5.54. The van der Waals surface area contributed by atoms with Crippen molar-refractivity contribution in [3.05, 3.63) is 29.8 Å². The number of hydrogen-bond donors (Lipinski definition) is 0. The Bertz CT molecular complexity index is 243. The Morgan fingerprint density at radius 3 is 3.08 bits per heavy atom. The lowest BCUT2D eigenvalue weighted by Gasteiger charge is -2.06. The van der Waals surface area contributed by atoms with E-state index in [2.05, 4.69) is 0 Å². The fraction of sp³-hybridized carbons (Fsp3) is 0.400.